The molecule has 1 aromatic heterocycles. The fourth-order valence-electron chi connectivity index (χ4n) is 3.93. The summed E-state index contributed by atoms with van der Waals surface area (Å²) < 4.78 is 16.2. The van der Waals surface area contributed by atoms with Crippen LogP contribution in [0.2, 0.25) is 5.02 Å². The summed E-state index contributed by atoms with van der Waals surface area (Å²) in [6.07, 6.45) is 3.86. The van der Waals surface area contributed by atoms with Crippen LogP contribution < -0.4 is 15.7 Å². The van der Waals surface area contributed by atoms with Gasteiger partial charge < -0.3 is 19.2 Å². The molecule has 3 aromatic rings. The van der Waals surface area contributed by atoms with E-state index in [0.717, 1.165) is 29.4 Å². The molecule has 1 heterocycles. The summed E-state index contributed by atoms with van der Waals surface area (Å²) >= 11 is 7.94. The molecule has 0 spiro atoms. The van der Waals surface area contributed by atoms with Gasteiger partial charge in [0, 0.05) is 17.0 Å². The minimum Gasteiger partial charge on any atom is -0.445 e. The number of alkyl carbamates (subject to hydrolysis) is 1. The molecule has 1 aliphatic rings. The molecule has 0 bridgehead atoms. The number of aryl methyl sites for hydroxylation is 1. The van der Waals surface area contributed by atoms with E-state index in [-0.39, 0.29) is 23.0 Å². The third-order valence-electron chi connectivity index (χ3n) is 5.64. The van der Waals surface area contributed by atoms with Gasteiger partial charge in [-0.05, 0) is 54.9 Å². The first-order valence-corrected chi connectivity index (χ1v) is 12.7. The van der Waals surface area contributed by atoms with E-state index in [1.807, 2.05) is 36.6 Å². The number of rotatable bonds is 8. The summed E-state index contributed by atoms with van der Waals surface area (Å²) in [4.78, 5) is 37.5. The highest BCUT2D eigenvalue weighted by Gasteiger charge is 2.26. The van der Waals surface area contributed by atoms with Crippen molar-refractivity contribution < 1.29 is 23.5 Å². The van der Waals surface area contributed by atoms with Crippen LogP contribution in [0.15, 0.2) is 51.7 Å². The fourth-order valence-corrected chi connectivity index (χ4v) is 4.61. The number of halogens is 1. The molecule has 9 heteroatoms. The zero-order chi connectivity index (χ0) is 24.1. The summed E-state index contributed by atoms with van der Waals surface area (Å²) in [6.45, 7) is 0.0802. The van der Waals surface area contributed by atoms with Crippen LogP contribution in [-0.4, -0.2) is 30.1 Å². The number of thioether (sulfide) groups is 1. The molecule has 0 saturated heterocycles. The number of hydrogen-bond donors (Lipinski definition) is 1. The Bertz CT molecular complexity index is 1260. The molecule has 7 nitrogen and oxygen atoms in total. The number of esters is 1. The lowest BCUT2D eigenvalue weighted by Gasteiger charge is -2.18. The van der Waals surface area contributed by atoms with Gasteiger partial charge in [0.15, 0.2) is 5.75 Å². The first-order chi connectivity index (χ1) is 16.5. The van der Waals surface area contributed by atoms with Crippen LogP contribution in [0.1, 0.15) is 29.5 Å². The first kappa shape index (κ1) is 24.2. The van der Waals surface area contributed by atoms with E-state index in [1.165, 1.54) is 17.8 Å². The smallest absolute Gasteiger partial charge is 0.408 e. The van der Waals surface area contributed by atoms with Crippen molar-refractivity contribution in [2.75, 3.05) is 12.0 Å². The number of ether oxygens (including phenoxy) is 2. The van der Waals surface area contributed by atoms with Crippen molar-refractivity contribution in [1.82, 2.24) is 5.32 Å². The number of carbonyl (C=O) groups is 2. The molecule has 2 aromatic carbocycles. The van der Waals surface area contributed by atoms with Crippen molar-refractivity contribution in [3.63, 3.8) is 0 Å². The highest BCUT2D eigenvalue weighted by atomic mass is 35.5. The molecule has 0 saturated carbocycles. The van der Waals surface area contributed by atoms with Crippen molar-refractivity contribution >= 4 is 46.4 Å². The van der Waals surface area contributed by atoms with E-state index in [1.54, 1.807) is 6.07 Å². The largest absolute Gasteiger partial charge is 0.445 e. The molecule has 0 fully saturated rings. The van der Waals surface area contributed by atoms with E-state index in [4.69, 9.17) is 25.5 Å². The zero-order valence-electron chi connectivity index (χ0n) is 18.6. The van der Waals surface area contributed by atoms with Crippen LogP contribution in [0.4, 0.5) is 4.79 Å². The zero-order valence-corrected chi connectivity index (χ0v) is 20.2. The Morgan fingerprint density at radius 1 is 1.18 bits per heavy atom. The molecule has 1 N–H and O–H groups in total. The van der Waals surface area contributed by atoms with Crippen LogP contribution in [0.5, 0.6) is 5.75 Å². The number of carbonyl (C=O) groups excluding carboxylic acids is 2. The lowest BCUT2D eigenvalue weighted by atomic mass is 10.1. The molecular formula is C25H24ClNO6S. The number of fused-ring (bicyclic) bond motifs is 3. The molecule has 34 heavy (non-hydrogen) atoms. The number of benzene rings is 2. The van der Waals surface area contributed by atoms with E-state index in [0.29, 0.717) is 29.7 Å². The molecule has 0 unspecified atom stereocenters. The van der Waals surface area contributed by atoms with E-state index >= 15 is 0 Å². The quantitative estimate of drug-likeness (QED) is 0.267. The highest BCUT2D eigenvalue weighted by Crippen LogP contribution is 2.35. The summed E-state index contributed by atoms with van der Waals surface area (Å²) in [5.74, 6) is -0.00472. The summed E-state index contributed by atoms with van der Waals surface area (Å²) in [5, 5.41) is 3.55. The maximum atomic E-state index is 12.9. The normalized spacial score (nSPS) is 13.4. The molecule has 0 aliphatic heterocycles. The Morgan fingerprint density at radius 3 is 2.71 bits per heavy atom. The lowest BCUT2D eigenvalue weighted by Crippen LogP contribution is -2.43. The summed E-state index contributed by atoms with van der Waals surface area (Å²) in [5.41, 5.74) is 2.39. The maximum absolute atomic E-state index is 12.9. The van der Waals surface area contributed by atoms with Gasteiger partial charge in [-0.15, -0.1) is 0 Å². The van der Waals surface area contributed by atoms with Crippen LogP contribution in [-0.2, 0) is 29.0 Å². The monoisotopic (exact) mass is 501 g/mol. The van der Waals surface area contributed by atoms with Gasteiger partial charge in [-0.25, -0.2) is 14.4 Å². The maximum Gasteiger partial charge on any atom is 0.408 e. The molecule has 178 valence electrons. The van der Waals surface area contributed by atoms with Crippen molar-refractivity contribution in [3.05, 3.63) is 74.6 Å². The number of amides is 1. The van der Waals surface area contributed by atoms with Crippen LogP contribution >= 0.6 is 23.4 Å². The summed E-state index contributed by atoms with van der Waals surface area (Å²) in [6, 6.07) is 11.4. The van der Waals surface area contributed by atoms with E-state index in [9.17, 15) is 14.4 Å². The van der Waals surface area contributed by atoms with Crippen molar-refractivity contribution in [3.8, 4) is 5.75 Å². The molecule has 0 radical (unpaired) electrons. The third kappa shape index (κ3) is 5.56. The number of hydrogen-bond acceptors (Lipinski definition) is 7. The predicted octanol–water partition coefficient (Wildman–Crippen LogP) is 4.89. The average molecular weight is 502 g/mol. The second-order valence-corrected chi connectivity index (χ2v) is 9.33. The molecule has 1 amide bonds. The van der Waals surface area contributed by atoms with E-state index < -0.39 is 18.1 Å². The van der Waals surface area contributed by atoms with E-state index in [2.05, 4.69) is 5.32 Å². The Balaban J connectivity index is 1.48. The van der Waals surface area contributed by atoms with Gasteiger partial charge in [-0.3, -0.25) is 0 Å². The topological polar surface area (TPSA) is 94.8 Å². The highest BCUT2D eigenvalue weighted by molar-refractivity contribution is 7.98. The lowest BCUT2D eigenvalue weighted by molar-refractivity contribution is -0.136. The van der Waals surface area contributed by atoms with Gasteiger partial charge >= 0.3 is 17.7 Å². The van der Waals surface area contributed by atoms with Crippen molar-refractivity contribution in [2.24, 2.45) is 0 Å². The van der Waals surface area contributed by atoms with Gasteiger partial charge in [-0.1, -0.05) is 41.9 Å². The van der Waals surface area contributed by atoms with Crippen LogP contribution in [0.3, 0.4) is 0 Å². The summed E-state index contributed by atoms with van der Waals surface area (Å²) in [7, 11) is 0. The second kappa shape index (κ2) is 11.0. The predicted molar refractivity (Wildman–Crippen MR) is 132 cm³/mol. The van der Waals surface area contributed by atoms with Gasteiger partial charge in [-0.2, -0.15) is 11.8 Å². The first-order valence-electron chi connectivity index (χ1n) is 10.9. The minimum absolute atomic E-state index is 0.0638. The van der Waals surface area contributed by atoms with Gasteiger partial charge in [0.2, 0.25) is 0 Å². The number of nitrogens with one attached hydrogen (secondary N) is 1. The molecule has 1 aliphatic carbocycles. The Labute approximate surface area is 205 Å². The SMILES string of the molecule is CSCC[C@@H](NC(=O)OCc1ccccc1)C(=O)Oc1cc2oc(=O)c3c(c2cc1Cl)CCC3. The van der Waals surface area contributed by atoms with Crippen molar-refractivity contribution in [2.45, 2.75) is 38.3 Å². The average Bonchev–Trinajstić information content (AvgIpc) is 3.33. The van der Waals surface area contributed by atoms with Gasteiger partial charge in [0.1, 0.15) is 18.2 Å². The van der Waals surface area contributed by atoms with Gasteiger partial charge in [0.25, 0.3) is 0 Å². The molecular weight excluding hydrogens is 478 g/mol. The van der Waals surface area contributed by atoms with Crippen LogP contribution in [0, 0.1) is 0 Å². The molecule has 1 atom stereocenters. The van der Waals surface area contributed by atoms with Crippen molar-refractivity contribution in [1.29, 1.82) is 0 Å². The minimum atomic E-state index is -0.936. The van der Waals surface area contributed by atoms with Crippen LogP contribution in [0.25, 0.3) is 11.0 Å². The Morgan fingerprint density at radius 2 is 1.94 bits per heavy atom. The van der Waals surface area contributed by atoms with Gasteiger partial charge in [0.05, 0.1) is 5.02 Å². The second-order valence-electron chi connectivity index (χ2n) is 7.94. The Kier molecular flexibility index (Phi) is 7.80. The third-order valence-corrected chi connectivity index (χ3v) is 6.58. The standard InChI is InChI=1S/C25H24ClNO6S/c1-34-11-10-20(27-25(30)31-14-15-6-3-2-4-7-15)24(29)33-22-13-21-18(12-19(22)26)16-8-5-9-17(16)23(28)32-21/h2-4,6-7,12-13,20H,5,8-11,14H2,1H3,(H,27,30)/t20-/m1/s1. The fraction of sp³-hybridized carbons (Fsp3) is 0.320. The Hall–Kier alpha value is -2.97. The molecule has 4 rings (SSSR count).